The number of anilines is 1. The molecule has 1 atom stereocenters. The molecule has 3 rings (SSSR count). The number of nitrogens with zero attached hydrogens (tertiary/aromatic N) is 1. The fourth-order valence-electron chi connectivity index (χ4n) is 3.27. The van der Waals surface area contributed by atoms with Crippen LogP contribution in [0.25, 0.3) is 0 Å². The first kappa shape index (κ1) is 22.8. The Hall–Kier alpha value is -2.83. The van der Waals surface area contributed by atoms with Gasteiger partial charge in [-0.3, -0.25) is 9.10 Å². The van der Waals surface area contributed by atoms with E-state index in [9.17, 15) is 13.2 Å². The predicted octanol–water partition coefficient (Wildman–Crippen LogP) is 5.11. The number of carbonyl (C=O) groups excluding carboxylic acids is 1. The second kappa shape index (κ2) is 9.98. The minimum atomic E-state index is -4.01. The van der Waals surface area contributed by atoms with Gasteiger partial charge in [0.1, 0.15) is 6.54 Å². The first-order chi connectivity index (χ1) is 14.8. The number of benzene rings is 3. The summed E-state index contributed by atoms with van der Waals surface area (Å²) in [6.07, 6.45) is 0.673. The number of hydrogen-bond donors (Lipinski definition) is 1. The molecular weight excluding hydrogens is 432 g/mol. The van der Waals surface area contributed by atoms with Gasteiger partial charge in [-0.05, 0) is 43.2 Å². The third-order valence-electron chi connectivity index (χ3n) is 4.96. The van der Waals surface area contributed by atoms with Gasteiger partial charge in [0.05, 0.1) is 21.6 Å². The molecule has 5 nitrogen and oxygen atoms in total. The zero-order chi connectivity index (χ0) is 22.4. The summed E-state index contributed by atoms with van der Waals surface area (Å²) in [6, 6.07) is 22.5. The summed E-state index contributed by atoms with van der Waals surface area (Å²) in [5.41, 5.74) is 2.16. The third kappa shape index (κ3) is 5.46. The van der Waals surface area contributed by atoms with Crippen LogP contribution in [0.1, 0.15) is 30.5 Å². The molecule has 0 saturated heterocycles. The van der Waals surface area contributed by atoms with E-state index in [0.717, 1.165) is 15.4 Å². The largest absolute Gasteiger partial charge is 0.348 e. The lowest BCUT2D eigenvalue weighted by molar-refractivity contribution is -0.120. The number of hydrogen-bond acceptors (Lipinski definition) is 3. The van der Waals surface area contributed by atoms with Crippen molar-refractivity contribution in [1.29, 1.82) is 0 Å². The maximum Gasteiger partial charge on any atom is 0.264 e. The van der Waals surface area contributed by atoms with Crippen LogP contribution in [0.3, 0.4) is 0 Å². The van der Waals surface area contributed by atoms with Crippen LogP contribution in [0.2, 0.25) is 5.02 Å². The predicted molar refractivity (Wildman–Crippen MR) is 125 cm³/mol. The molecular formula is C24H25ClN2O3S. The number of rotatable bonds is 8. The Morgan fingerprint density at radius 3 is 2.19 bits per heavy atom. The van der Waals surface area contributed by atoms with Gasteiger partial charge in [-0.1, -0.05) is 78.7 Å². The number of aryl methyl sites for hydroxylation is 1. The molecule has 3 aromatic carbocycles. The fraction of sp³-hybridized carbons (Fsp3) is 0.208. The van der Waals surface area contributed by atoms with Gasteiger partial charge in [-0.25, -0.2) is 8.42 Å². The first-order valence-electron chi connectivity index (χ1n) is 10.0. The lowest BCUT2D eigenvalue weighted by atomic mass is 10.0. The van der Waals surface area contributed by atoms with Crippen LogP contribution >= 0.6 is 11.6 Å². The lowest BCUT2D eigenvalue weighted by Gasteiger charge is -2.26. The van der Waals surface area contributed by atoms with Crippen molar-refractivity contribution >= 4 is 33.2 Å². The van der Waals surface area contributed by atoms with Gasteiger partial charge in [-0.2, -0.15) is 0 Å². The summed E-state index contributed by atoms with van der Waals surface area (Å²) in [7, 11) is -4.01. The topological polar surface area (TPSA) is 66.5 Å². The normalized spacial score (nSPS) is 12.2. The van der Waals surface area contributed by atoms with Gasteiger partial charge < -0.3 is 5.32 Å². The van der Waals surface area contributed by atoms with E-state index in [1.165, 1.54) is 12.1 Å². The Kier molecular flexibility index (Phi) is 7.36. The molecule has 0 fully saturated rings. The molecule has 0 unspecified atom stereocenters. The van der Waals surface area contributed by atoms with Crippen molar-refractivity contribution < 1.29 is 13.2 Å². The van der Waals surface area contributed by atoms with E-state index in [-0.39, 0.29) is 28.2 Å². The van der Waals surface area contributed by atoms with Crippen molar-refractivity contribution in [2.75, 3.05) is 10.8 Å². The van der Waals surface area contributed by atoms with Gasteiger partial charge in [0, 0.05) is 0 Å². The van der Waals surface area contributed by atoms with Crippen LogP contribution in [0.15, 0.2) is 83.8 Å². The molecule has 0 bridgehead atoms. The maximum absolute atomic E-state index is 13.4. The Labute approximate surface area is 188 Å². The van der Waals surface area contributed by atoms with Crippen LogP contribution < -0.4 is 9.62 Å². The summed E-state index contributed by atoms with van der Waals surface area (Å²) < 4.78 is 28.0. The molecule has 0 aliphatic rings. The Balaban J connectivity index is 1.93. The quantitative estimate of drug-likeness (QED) is 0.512. The zero-order valence-electron chi connectivity index (χ0n) is 17.5. The molecule has 162 valence electrons. The fourth-order valence-corrected chi connectivity index (χ4v) is 5.00. The van der Waals surface area contributed by atoms with Crippen LogP contribution in [-0.4, -0.2) is 20.9 Å². The van der Waals surface area contributed by atoms with Crippen molar-refractivity contribution in [2.45, 2.75) is 31.2 Å². The molecule has 0 radical (unpaired) electrons. The standard InChI is InChI=1S/C24H25ClN2O3S/c1-3-22(19-9-5-4-6-10-19)26-24(28)17-27(23-12-8-7-11-21(23)25)31(29,30)20-15-13-18(2)14-16-20/h4-16,22H,3,17H2,1-2H3,(H,26,28)/t22-/m0/s1. The lowest BCUT2D eigenvalue weighted by Crippen LogP contribution is -2.42. The SMILES string of the molecule is CC[C@H](NC(=O)CN(c1ccccc1Cl)S(=O)(=O)c1ccc(C)cc1)c1ccccc1. The van der Waals surface area contributed by atoms with Crippen LogP contribution in [-0.2, 0) is 14.8 Å². The number of sulfonamides is 1. The molecule has 0 heterocycles. The van der Waals surface area contributed by atoms with Gasteiger partial charge in [0.15, 0.2) is 0 Å². The molecule has 31 heavy (non-hydrogen) atoms. The van der Waals surface area contributed by atoms with Crippen molar-refractivity contribution in [2.24, 2.45) is 0 Å². The Bertz CT molecular complexity index is 1130. The molecule has 1 amide bonds. The first-order valence-corrected chi connectivity index (χ1v) is 11.8. The highest BCUT2D eigenvalue weighted by molar-refractivity contribution is 7.92. The van der Waals surface area contributed by atoms with Crippen molar-refractivity contribution in [3.63, 3.8) is 0 Å². The summed E-state index contributed by atoms with van der Waals surface area (Å²) in [5, 5.41) is 3.20. The highest BCUT2D eigenvalue weighted by Crippen LogP contribution is 2.30. The summed E-state index contributed by atoms with van der Waals surface area (Å²) in [6.45, 7) is 3.46. The second-order valence-electron chi connectivity index (χ2n) is 7.22. The number of nitrogens with one attached hydrogen (secondary N) is 1. The van der Waals surface area contributed by atoms with Crippen molar-refractivity contribution in [3.05, 3.63) is 95.0 Å². The number of halogens is 1. The van der Waals surface area contributed by atoms with E-state index >= 15 is 0 Å². The molecule has 0 aliphatic carbocycles. The average Bonchev–Trinajstić information content (AvgIpc) is 2.77. The molecule has 3 aromatic rings. The third-order valence-corrected chi connectivity index (χ3v) is 7.06. The number of para-hydroxylation sites is 1. The number of carbonyl (C=O) groups is 1. The van der Waals surface area contributed by atoms with Crippen molar-refractivity contribution in [1.82, 2.24) is 5.32 Å². The van der Waals surface area contributed by atoms with Crippen LogP contribution in [0.5, 0.6) is 0 Å². The van der Waals surface area contributed by atoms with E-state index in [4.69, 9.17) is 11.6 Å². The maximum atomic E-state index is 13.4. The monoisotopic (exact) mass is 456 g/mol. The van der Waals surface area contributed by atoms with E-state index in [0.29, 0.717) is 6.42 Å². The van der Waals surface area contributed by atoms with E-state index in [2.05, 4.69) is 5.32 Å². The van der Waals surface area contributed by atoms with E-state index < -0.39 is 15.9 Å². The Morgan fingerprint density at radius 2 is 1.58 bits per heavy atom. The Morgan fingerprint density at radius 1 is 0.968 bits per heavy atom. The minimum Gasteiger partial charge on any atom is -0.348 e. The molecule has 0 saturated carbocycles. The molecule has 0 aliphatic heterocycles. The minimum absolute atomic E-state index is 0.0981. The summed E-state index contributed by atoms with van der Waals surface area (Å²) in [4.78, 5) is 13.1. The van der Waals surface area contributed by atoms with Gasteiger partial charge in [0.2, 0.25) is 5.91 Å². The summed E-state index contributed by atoms with van der Waals surface area (Å²) in [5.74, 6) is -0.411. The highest BCUT2D eigenvalue weighted by Gasteiger charge is 2.29. The highest BCUT2D eigenvalue weighted by atomic mass is 35.5. The number of amides is 1. The molecule has 1 N–H and O–H groups in total. The van der Waals surface area contributed by atoms with Gasteiger partial charge >= 0.3 is 0 Å². The van der Waals surface area contributed by atoms with Crippen molar-refractivity contribution in [3.8, 4) is 0 Å². The van der Waals surface area contributed by atoms with Crippen LogP contribution in [0.4, 0.5) is 5.69 Å². The average molecular weight is 457 g/mol. The molecule has 7 heteroatoms. The second-order valence-corrected chi connectivity index (χ2v) is 9.48. The zero-order valence-corrected chi connectivity index (χ0v) is 19.0. The van der Waals surface area contributed by atoms with Crippen LogP contribution in [0, 0.1) is 6.92 Å². The summed E-state index contributed by atoms with van der Waals surface area (Å²) >= 11 is 6.31. The van der Waals surface area contributed by atoms with E-state index in [1.54, 1.807) is 36.4 Å². The van der Waals surface area contributed by atoms with E-state index in [1.807, 2.05) is 44.2 Å². The smallest absolute Gasteiger partial charge is 0.264 e. The molecule has 0 aromatic heterocycles. The van der Waals surface area contributed by atoms with Gasteiger partial charge in [0.25, 0.3) is 10.0 Å². The van der Waals surface area contributed by atoms with Gasteiger partial charge in [-0.15, -0.1) is 0 Å². The molecule has 0 spiro atoms.